The van der Waals surface area contributed by atoms with Crippen molar-refractivity contribution >= 4 is 45.7 Å². The van der Waals surface area contributed by atoms with Crippen LogP contribution in [0.3, 0.4) is 0 Å². The number of amides is 1. The average molecular weight is 498 g/mol. The third-order valence-electron chi connectivity index (χ3n) is 3.98. The molecule has 1 heterocycles. The van der Waals surface area contributed by atoms with E-state index in [0.29, 0.717) is 9.13 Å². The molecule has 5 nitrogen and oxygen atoms in total. The van der Waals surface area contributed by atoms with Crippen molar-refractivity contribution in [1.82, 2.24) is 4.98 Å². The van der Waals surface area contributed by atoms with Crippen molar-refractivity contribution < 1.29 is 18.0 Å². The van der Waals surface area contributed by atoms with Crippen molar-refractivity contribution in [1.29, 1.82) is 0 Å². The first-order valence-electron chi connectivity index (χ1n) is 7.99. The lowest BCUT2D eigenvalue weighted by molar-refractivity contribution is 0.100. The van der Waals surface area contributed by atoms with Crippen LogP contribution in [-0.4, -0.2) is 10.9 Å². The number of nitrogen functional groups attached to an aromatic ring is 1. The third kappa shape index (κ3) is 4.19. The Morgan fingerprint density at radius 2 is 1.86 bits per heavy atom. The molecule has 0 saturated heterocycles. The number of carbonyl (C=O) groups is 1. The predicted molar refractivity (Wildman–Crippen MR) is 109 cm³/mol. The summed E-state index contributed by atoms with van der Waals surface area (Å²) in [5.74, 6) is -3.94. The second-order valence-electron chi connectivity index (χ2n) is 5.97. The Morgan fingerprint density at radius 3 is 2.50 bits per heavy atom. The molecular weight excluding hydrogens is 484 g/mol. The number of nitrogens with zero attached hydrogens (tertiary/aromatic N) is 1. The van der Waals surface area contributed by atoms with Gasteiger partial charge in [0.1, 0.15) is 11.6 Å². The van der Waals surface area contributed by atoms with Crippen molar-refractivity contribution in [2.24, 2.45) is 5.73 Å². The van der Waals surface area contributed by atoms with Crippen LogP contribution in [0.2, 0.25) is 0 Å². The number of primary amides is 1. The van der Waals surface area contributed by atoms with E-state index in [1.54, 1.807) is 12.1 Å². The fourth-order valence-electron chi connectivity index (χ4n) is 2.67. The summed E-state index contributed by atoms with van der Waals surface area (Å²) < 4.78 is 44.1. The van der Waals surface area contributed by atoms with Gasteiger partial charge in [0.15, 0.2) is 11.6 Å². The molecule has 0 aliphatic rings. The first kappa shape index (κ1) is 19.9. The number of anilines is 3. The van der Waals surface area contributed by atoms with Gasteiger partial charge in [-0.2, -0.15) is 0 Å². The van der Waals surface area contributed by atoms with Crippen LogP contribution in [0.25, 0.3) is 0 Å². The Labute approximate surface area is 172 Å². The molecule has 3 aromatic rings. The van der Waals surface area contributed by atoms with Crippen molar-refractivity contribution in [3.63, 3.8) is 0 Å². The highest BCUT2D eigenvalue weighted by atomic mass is 127. The van der Waals surface area contributed by atoms with Crippen LogP contribution in [0.5, 0.6) is 0 Å². The van der Waals surface area contributed by atoms with Crippen LogP contribution in [0.4, 0.5) is 30.4 Å². The molecule has 1 aromatic heterocycles. The maximum Gasteiger partial charge on any atom is 0.250 e. The largest absolute Gasteiger partial charge is 0.384 e. The van der Waals surface area contributed by atoms with E-state index in [0.717, 1.165) is 6.07 Å². The number of hydrogen-bond donors (Lipinski definition) is 3. The van der Waals surface area contributed by atoms with Gasteiger partial charge in [0, 0.05) is 16.2 Å². The van der Waals surface area contributed by atoms with Gasteiger partial charge in [-0.15, -0.1) is 0 Å². The molecule has 0 fully saturated rings. The van der Waals surface area contributed by atoms with Gasteiger partial charge < -0.3 is 16.8 Å². The van der Waals surface area contributed by atoms with Crippen molar-refractivity contribution in [2.45, 2.75) is 6.42 Å². The third-order valence-corrected chi connectivity index (χ3v) is 4.65. The quantitative estimate of drug-likeness (QED) is 0.462. The minimum absolute atomic E-state index is 0.0338. The van der Waals surface area contributed by atoms with E-state index in [1.165, 1.54) is 24.4 Å². The topological polar surface area (TPSA) is 94.0 Å². The molecule has 3 rings (SSSR count). The van der Waals surface area contributed by atoms with Gasteiger partial charge in [-0.05, 0) is 70.1 Å². The van der Waals surface area contributed by atoms with E-state index in [2.05, 4.69) is 10.3 Å². The van der Waals surface area contributed by atoms with Gasteiger partial charge in [-0.1, -0.05) is 0 Å². The highest BCUT2D eigenvalue weighted by Crippen LogP contribution is 2.31. The molecule has 1 amide bonds. The van der Waals surface area contributed by atoms with Gasteiger partial charge in [-0.25, -0.2) is 18.2 Å². The Hall–Kier alpha value is -2.82. The number of carbonyl (C=O) groups excluding carboxylic acids is 1. The average Bonchev–Trinajstić information content (AvgIpc) is 2.63. The highest BCUT2D eigenvalue weighted by molar-refractivity contribution is 14.1. The molecule has 2 aromatic carbocycles. The standard InChI is InChI=1S/C19H14F3IN4O/c20-13-8-11(23)1-2-14(13)27-18-12(19(25)28)7-10(16(21)17(18)22)5-9-3-4-26-15(24)6-9/h1-4,6-8,27H,5H2,(H2,24,26)(H2,25,28). The zero-order valence-electron chi connectivity index (χ0n) is 14.3. The molecule has 0 atom stereocenters. The minimum atomic E-state index is -1.33. The van der Waals surface area contributed by atoms with Crippen LogP contribution in [0.1, 0.15) is 21.5 Å². The first-order valence-corrected chi connectivity index (χ1v) is 9.07. The maximum absolute atomic E-state index is 14.8. The fraction of sp³-hybridized carbons (Fsp3) is 0.0526. The fourth-order valence-corrected chi connectivity index (χ4v) is 3.13. The smallest absolute Gasteiger partial charge is 0.250 e. The molecule has 0 saturated carbocycles. The predicted octanol–water partition coefficient (Wildman–Crippen LogP) is 4.12. The van der Waals surface area contributed by atoms with E-state index in [1.807, 2.05) is 22.6 Å². The van der Waals surface area contributed by atoms with Crippen LogP contribution in [0, 0.1) is 21.0 Å². The number of hydrogen-bond acceptors (Lipinski definition) is 4. The lowest BCUT2D eigenvalue weighted by atomic mass is 10.00. The highest BCUT2D eigenvalue weighted by Gasteiger charge is 2.22. The van der Waals surface area contributed by atoms with Crippen LogP contribution >= 0.6 is 22.6 Å². The van der Waals surface area contributed by atoms with E-state index in [-0.39, 0.29) is 29.1 Å². The Kier molecular flexibility index (Phi) is 5.73. The number of nitrogens with two attached hydrogens (primary N) is 2. The van der Waals surface area contributed by atoms with Gasteiger partial charge in [0.25, 0.3) is 5.91 Å². The molecular formula is C19H14F3IN4O. The normalized spacial score (nSPS) is 10.7. The summed E-state index contributed by atoms with van der Waals surface area (Å²) in [5, 5.41) is 2.43. The minimum Gasteiger partial charge on any atom is -0.384 e. The monoisotopic (exact) mass is 498 g/mol. The zero-order valence-corrected chi connectivity index (χ0v) is 16.4. The van der Waals surface area contributed by atoms with Gasteiger partial charge in [0.05, 0.1) is 16.9 Å². The molecule has 144 valence electrons. The zero-order chi connectivity index (χ0) is 20.4. The molecule has 0 aliphatic heterocycles. The van der Waals surface area contributed by atoms with Crippen molar-refractivity contribution in [3.05, 3.63) is 80.3 Å². The summed E-state index contributed by atoms with van der Waals surface area (Å²) in [5.41, 5.74) is 10.5. The lowest BCUT2D eigenvalue weighted by Crippen LogP contribution is -2.17. The lowest BCUT2D eigenvalue weighted by Gasteiger charge is -2.15. The summed E-state index contributed by atoms with van der Waals surface area (Å²) in [6.07, 6.45) is 1.40. The molecule has 0 radical (unpaired) electrons. The Bertz CT molecular complexity index is 1080. The number of nitrogens with one attached hydrogen (secondary N) is 1. The first-order chi connectivity index (χ1) is 13.3. The summed E-state index contributed by atoms with van der Waals surface area (Å²) >= 11 is 1.91. The van der Waals surface area contributed by atoms with E-state index < -0.39 is 29.0 Å². The number of pyridine rings is 1. The van der Waals surface area contributed by atoms with E-state index >= 15 is 0 Å². The van der Waals surface area contributed by atoms with Crippen molar-refractivity contribution in [2.75, 3.05) is 11.1 Å². The molecule has 9 heteroatoms. The summed E-state index contributed by atoms with van der Waals surface area (Å²) in [6.45, 7) is 0. The van der Waals surface area contributed by atoms with Crippen LogP contribution in [0.15, 0.2) is 42.6 Å². The summed E-state index contributed by atoms with van der Waals surface area (Å²) in [6, 6.07) is 8.38. The summed E-state index contributed by atoms with van der Waals surface area (Å²) in [7, 11) is 0. The molecule has 0 unspecified atom stereocenters. The molecule has 0 spiro atoms. The van der Waals surface area contributed by atoms with E-state index in [4.69, 9.17) is 11.5 Å². The second kappa shape index (κ2) is 8.05. The summed E-state index contributed by atoms with van der Waals surface area (Å²) in [4.78, 5) is 15.7. The number of rotatable bonds is 5. The molecule has 28 heavy (non-hydrogen) atoms. The Balaban J connectivity index is 2.06. The van der Waals surface area contributed by atoms with Gasteiger partial charge >= 0.3 is 0 Å². The Morgan fingerprint density at radius 1 is 1.11 bits per heavy atom. The van der Waals surface area contributed by atoms with Gasteiger partial charge in [-0.3, -0.25) is 4.79 Å². The maximum atomic E-state index is 14.8. The van der Waals surface area contributed by atoms with E-state index in [9.17, 15) is 18.0 Å². The van der Waals surface area contributed by atoms with Gasteiger partial charge in [0.2, 0.25) is 0 Å². The molecule has 0 aliphatic carbocycles. The van der Waals surface area contributed by atoms with Crippen LogP contribution < -0.4 is 16.8 Å². The van der Waals surface area contributed by atoms with Crippen LogP contribution in [-0.2, 0) is 6.42 Å². The molecule has 0 bridgehead atoms. The number of halogens is 4. The second-order valence-corrected chi connectivity index (χ2v) is 7.21. The van der Waals surface area contributed by atoms with Crippen molar-refractivity contribution in [3.8, 4) is 0 Å². The SMILES string of the molecule is NC(=O)c1cc(Cc2ccnc(N)c2)c(F)c(F)c1Nc1ccc(I)cc1F. The number of aromatic nitrogens is 1. The molecule has 5 N–H and O–H groups in total. The number of benzene rings is 2.